The molecule has 226 valence electrons. The lowest BCUT2D eigenvalue weighted by atomic mass is 9.66. The Morgan fingerprint density at radius 3 is 1.54 bits per heavy atom. The van der Waals surface area contributed by atoms with Gasteiger partial charge in [0.15, 0.2) is 0 Å². The van der Waals surface area contributed by atoms with E-state index >= 15 is 0 Å². The summed E-state index contributed by atoms with van der Waals surface area (Å²) in [5.74, 6) is 10.7. The molecule has 2 rings (SSSR count). The normalized spacial score (nSPS) is 29.8. The van der Waals surface area contributed by atoms with Crippen LogP contribution in [0.4, 0.5) is 0 Å². The van der Waals surface area contributed by atoms with Crippen molar-refractivity contribution >= 4 is 0 Å². The van der Waals surface area contributed by atoms with E-state index in [0.29, 0.717) is 0 Å². The molecule has 0 nitrogen and oxygen atoms in total. The van der Waals surface area contributed by atoms with E-state index in [2.05, 4.69) is 90.0 Å². The van der Waals surface area contributed by atoms with Gasteiger partial charge in [-0.1, -0.05) is 149 Å². The van der Waals surface area contributed by atoms with E-state index in [0.717, 1.165) is 65.1 Å². The summed E-state index contributed by atoms with van der Waals surface area (Å²) in [7, 11) is 0. The summed E-state index contributed by atoms with van der Waals surface area (Å²) >= 11 is 0. The SMILES string of the molecule is CC.CC1CCC(C(C)C)C(C(C)C)C1.CCC(C)C1CC(C)CC1CC.CCCC(CC)C(C)CC. The summed E-state index contributed by atoms with van der Waals surface area (Å²) in [5, 5.41) is 0. The van der Waals surface area contributed by atoms with Crippen molar-refractivity contribution in [3.63, 3.8) is 0 Å². The van der Waals surface area contributed by atoms with Crippen molar-refractivity contribution in [3.05, 3.63) is 0 Å². The first-order valence-electron chi connectivity index (χ1n) is 17.5. The van der Waals surface area contributed by atoms with Crippen LogP contribution in [0.3, 0.4) is 0 Å². The molecule has 0 radical (unpaired) electrons. The molecule has 9 atom stereocenters. The van der Waals surface area contributed by atoms with Crippen LogP contribution in [0.2, 0.25) is 0 Å². The Labute approximate surface area is 239 Å². The third-order valence-corrected chi connectivity index (χ3v) is 10.4. The lowest BCUT2D eigenvalue weighted by Gasteiger charge is -2.39. The second-order valence-corrected chi connectivity index (χ2v) is 13.9. The highest BCUT2D eigenvalue weighted by molar-refractivity contribution is 4.83. The zero-order chi connectivity index (χ0) is 29.1. The predicted molar refractivity (Wildman–Crippen MR) is 174 cm³/mol. The third-order valence-electron chi connectivity index (χ3n) is 10.4. The molecule has 0 saturated heterocycles. The zero-order valence-corrected chi connectivity index (χ0v) is 29.1. The van der Waals surface area contributed by atoms with Crippen LogP contribution in [0, 0.1) is 65.1 Å². The van der Waals surface area contributed by atoms with Gasteiger partial charge in [-0.05, 0) is 90.8 Å². The summed E-state index contributed by atoms with van der Waals surface area (Å²) in [6, 6.07) is 0. The second kappa shape index (κ2) is 22.8. The monoisotopic (exact) mass is 523 g/mol. The maximum Gasteiger partial charge on any atom is -0.0358 e. The smallest absolute Gasteiger partial charge is 0.0358 e. The highest BCUT2D eigenvalue weighted by Crippen LogP contribution is 2.43. The van der Waals surface area contributed by atoms with E-state index in [1.165, 1.54) is 70.6 Å². The first kappa shape index (κ1) is 39.1. The van der Waals surface area contributed by atoms with Crippen LogP contribution in [-0.4, -0.2) is 0 Å². The van der Waals surface area contributed by atoms with E-state index in [4.69, 9.17) is 0 Å². The highest BCUT2D eigenvalue weighted by Gasteiger charge is 2.33. The first-order valence-corrected chi connectivity index (χ1v) is 17.5. The van der Waals surface area contributed by atoms with E-state index in [9.17, 15) is 0 Å². The van der Waals surface area contributed by atoms with Gasteiger partial charge in [0.2, 0.25) is 0 Å². The van der Waals surface area contributed by atoms with E-state index in [1.54, 1.807) is 0 Å². The number of hydrogen-bond donors (Lipinski definition) is 0. The van der Waals surface area contributed by atoms with Crippen molar-refractivity contribution < 1.29 is 0 Å². The summed E-state index contributed by atoms with van der Waals surface area (Å²) in [5.41, 5.74) is 0. The Hall–Kier alpha value is 0. The summed E-state index contributed by atoms with van der Waals surface area (Å²) in [4.78, 5) is 0. The molecule has 2 fully saturated rings. The average Bonchev–Trinajstić information content (AvgIpc) is 3.28. The molecule has 0 bridgehead atoms. The summed E-state index contributed by atoms with van der Waals surface area (Å²) in [6.07, 6.45) is 15.6. The van der Waals surface area contributed by atoms with Crippen molar-refractivity contribution in [1.82, 2.24) is 0 Å². The van der Waals surface area contributed by atoms with Gasteiger partial charge < -0.3 is 0 Å². The standard InChI is InChI=1S/C13H26.C12H24.C10H22.C2H6/c1-9(2)12-7-6-11(5)8-13(12)10(3)4;1-5-10(4)12-8-9(3)7-11(12)6-2;1-5-8-10(7-3)9(4)6-2;1-2/h9-13H,6-8H2,1-5H3;9-12H,5-8H2,1-4H3;9-10H,5-8H2,1-4H3;1-2H3. The van der Waals surface area contributed by atoms with Crippen LogP contribution in [0.1, 0.15) is 174 Å². The minimum Gasteiger partial charge on any atom is -0.0683 e. The quantitative estimate of drug-likeness (QED) is 0.267. The summed E-state index contributed by atoms with van der Waals surface area (Å²) < 4.78 is 0. The molecule has 0 spiro atoms. The predicted octanol–water partition coefficient (Wildman–Crippen LogP) is 13.3. The molecule has 0 aromatic carbocycles. The van der Waals surface area contributed by atoms with E-state index in [1.807, 2.05) is 13.8 Å². The third kappa shape index (κ3) is 15.4. The van der Waals surface area contributed by atoms with Crippen LogP contribution in [0.5, 0.6) is 0 Å². The molecule has 9 unspecified atom stereocenters. The van der Waals surface area contributed by atoms with Crippen LogP contribution in [0.15, 0.2) is 0 Å². The van der Waals surface area contributed by atoms with Crippen molar-refractivity contribution in [3.8, 4) is 0 Å². The number of rotatable bonds is 10. The van der Waals surface area contributed by atoms with Crippen LogP contribution < -0.4 is 0 Å². The van der Waals surface area contributed by atoms with Gasteiger partial charge in [-0.2, -0.15) is 0 Å². The molecule has 0 N–H and O–H groups in total. The van der Waals surface area contributed by atoms with Crippen molar-refractivity contribution in [2.75, 3.05) is 0 Å². The molecule has 37 heavy (non-hydrogen) atoms. The van der Waals surface area contributed by atoms with Gasteiger partial charge in [-0.25, -0.2) is 0 Å². The Morgan fingerprint density at radius 2 is 1.14 bits per heavy atom. The Balaban J connectivity index is 0. The molecule has 2 saturated carbocycles. The van der Waals surface area contributed by atoms with Crippen LogP contribution in [0.25, 0.3) is 0 Å². The molecular weight excluding hydrogens is 444 g/mol. The maximum absolute atomic E-state index is 2.44. The maximum atomic E-state index is 2.44. The molecule has 0 heteroatoms. The van der Waals surface area contributed by atoms with Gasteiger partial charge in [0, 0.05) is 0 Å². The summed E-state index contributed by atoms with van der Waals surface area (Å²) in [6.45, 7) is 34.8. The molecular formula is C37H78. The zero-order valence-electron chi connectivity index (χ0n) is 29.1. The lowest BCUT2D eigenvalue weighted by molar-refractivity contribution is 0.106. The van der Waals surface area contributed by atoms with Crippen LogP contribution >= 0.6 is 0 Å². The van der Waals surface area contributed by atoms with Gasteiger partial charge >= 0.3 is 0 Å². The second-order valence-electron chi connectivity index (χ2n) is 13.9. The van der Waals surface area contributed by atoms with E-state index in [-0.39, 0.29) is 0 Å². The van der Waals surface area contributed by atoms with Crippen molar-refractivity contribution in [2.45, 2.75) is 174 Å². The van der Waals surface area contributed by atoms with Crippen LogP contribution in [-0.2, 0) is 0 Å². The van der Waals surface area contributed by atoms with E-state index < -0.39 is 0 Å². The Bertz CT molecular complexity index is 476. The Kier molecular flexibility index (Phi) is 24.1. The van der Waals surface area contributed by atoms with Gasteiger partial charge in [0.1, 0.15) is 0 Å². The van der Waals surface area contributed by atoms with Gasteiger partial charge in [-0.15, -0.1) is 0 Å². The molecule has 0 aromatic heterocycles. The number of hydrogen-bond acceptors (Lipinski definition) is 0. The Morgan fingerprint density at radius 1 is 0.595 bits per heavy atom. The fraction of sp³-hybridized carbons (Fsp3) is 1.00. The first-order chi connectivity index (χ1) is 17.5. The van der Waals surface area contributed by atoms with Gasteiger partial charge in [-0.3, -0.25) is 0 Å². The fourth-order valence-corrected chi connectivity index (χ4v) is 7.55. The van der Waals surface area contributed by atoms with Crippen molar-refractivity contribution in [2.24, 2.45) is 65.1 Å². The molecule has 0 amide bonds. The fourth-order valence-electron chi connectivity index (χ4n) is 7.55. The molecule has 0 aromatic rings. The largest absolute Gasteiger partial charge is 0.0683 e. The highest BCUT2D eigenvalue weighted by atomic mass is 14.4. The average molecular weight is 523 g/mol. The minimum absolute atomic E-state index is 0.884. The molecule has 2 aliphatic rings. The van der Waals surface area contributed by atoms with Crippen molar-refractivity contribution in [1.29, 1.82) is 0 Å². The topological polar surface area (TPSA) is 0 Å². The lowest BCUT2D eigenvalue weighted by Crippen LogP contribution is -2.30. The molecule has 0 aliphatic heterocycles. The molecule has 0 heterocycles. The van der Waals surface area contributed by atoms with Gasteiger partial charge in [0.05, 0.1) is 0 Å². The van der Waals surface area contributed by atoms with Gasteiger partial charge in [0.25, 0.3) is 0 Å². The molecule has 2 aliphatic carbocycles. The minimum atomic E-state index is 0.884.